The maximum Gasteiger partial charge on any atom is 0.231 e. The second kappa shape index (κ2) is 6.66. The zero-order valence-electron chi connectivity index (χ0n) is 14.5. The number of nitrogens with zero attached hydrogens (tertiary/aromatic N) is 3. The lowest BCUT2D eigenvalue weighted by atomic mass is 9.84. The van der Waals surface area contributed by atoms with Gasteiger partial charge in [0.15, 0.2) is 0 Å². The molecule has 1 aromatic carbocycles. The molecular weight excluding hydrogens is 323 g/mol. The number of anilines is 1. The van der Waals surface area contributed by atoms with Crippen molar-refractivity contribution >= 4 is 17.6 Å². The molecule has 7 heteroatoms. The predicted molar refractivity (Wildman–Crippen MR) is 91.2 cm³/mol. The average Bonchev–Trinajstić information content (AvgIpc) is 2.87. The number of piperidine rings is 1. The Morgan fingerprint density at radius 1 is 1.32 bits per heavy atom. The van der Waals surface area contributed by atoms with Gasteiger partial charge in [-0.15, -0.1) is 0 Å². The van der Waals surface area contributed by atoms with Crippen LogP contribution in [-0.4, -0.2) is 33.5 Å². The molecule has 132 valence electrons. The fraction of sp³-hybridized carbons (Fsp3) is 0.389. The van der Waals surface area contributed by atoms with Crippen LogP contribution in [0.1, 0.15) is 30.1 Å². The Kier molecular flexibility index (Phi) is 4.57. The Labute approximate surface area is 145 Å². The molecule has 0 radical (unpaired) electrons. The third kappa shape index (κ3) is 3.40. The number of aryl methyl sites for hydroxylation is 2. The van der Waals surface area contributed by atoms with E-state index in [4.69, 9.17) is 0 Å². The molecule has 0 aliphatic carbocycles. The van der Waals surface area contributed by atoms with Crippen LogP contribution >= 0.6 is 0 Å². The number of halogens is 1. The maximum atomic E-state index is 13.7. The largest absolute Gasteiger partial charge is 0.338 e. The van der Waals surface area contributed by atoms with Gasteiger partial charge in [-0.25, -0.2) is 4.39 Å². The van der Waals surface area contributed by atoms with Gasteiger partial charge in [-0.2, -0.15) is 5.10 Å². The summed E-state index contributed by atoms with van der Waals surface area (Å²) in [7, 11) is 3.41. The van der Waals surface area contributed by atoms with E-state index >= 15 is 0 Å². The maximum absolute atomic E-state index is 13.7. The molecule has 3 rings (SSSR count). The average molecular weight is 344 g/mol. The van der Waals surface area contributed by atoms with Crippen molar-refractivity contribution in [1.82, 2.24) is 14.7 Å². The third-order valence-electron chi connectivity index (χ3n) is 4.64. The molecule has 1 fully saturated rings. The highest BCUT2D eigenvalue weighted by atomic mass is 19.1. The monoisotopic (exact) mass is 344 g/mol. The van der Waals surface area contributed by atoms with E-state index in [0.717, 1.165) is 5.69 Å². The van der Waals surface area contributed by atoms with Crippen molar-refractivity contribution in [3.8, 4) is 0 Å². The van der Waals surface area contributed by atoms with Gasteiger partial charge in [0, 0.05) is 26.6 Å². The fourth-order valence-electron chi connectivity index (χ4n) is 3.41. The number of carbonyl (C=O) groups excluding carboxylic acids is 2. The minimum atomic E-state index is -0.494. The molecule has 25 heavy (non-hydrogen) atoms. The molecule has 1 saturated heterocycles. The summed E-state index contributed by atoms with van der Waals surface area (Å²) in [5.74, 6) is -0.489. The molecule has 0 unspecified atom stereocenters. The molecule has 2 heterocycles. The molecule has 2 atom stereocenters. The van der Waals surface area contributed by atoms with E-state index in [1.54, 1.807) is 37.0 Å². The van der Waals surface area contributed by atoms with Crippen molar-refractivity contribution in [2.75, 3.05) is 12.4 Å². The summed E-state index contributed by atoms with van der Waals surface area (Å²) < 4.78 is 15.3. The number of hydrogen-bond donors (Lipinski definition) is 1. The Bertz CT molecular complexity index is 817. The first-order valence-electron chi connectivity index (χ1n) is 8.19. The highest BCUT2D eigenvalue weighted by molar-refractivity contribution is 5.94. The fourth-order valence-corrected chi connectivity index (χ4v) is 3.41. The molecular formula is C18H21FN4O2. The SMILES string of the molecule is Cc1cc(NC(=O)[C@H]2CCC(=O)N(C)[C@@H]2c2cccc(F)c2)n(C)n1. The smallest absolute Gasteiger partial charge is 0.231 e. The third-order valence-corrected chi connectivity index (χ3v) is 4.64. The standard InChI is InChI=1S/C18H21FN4O2/c1-11-9-15(23(3)21-11)20-18(25)14-7-8-16(24)22(2)17(14)12-5-4-6-13(19)10-12/h4-6,9-10,14,17H,7-8H2,1-3H3,(H,20,25)/t14-,17+/m0/s1. The summed E-state index contributed by atoms with van der Waals surface area (Å²) in [6.45, 7) is 1.85. The molecule has 0 saturated carbocycles. The van der Waals surface area contributed by atoms with Gasteiger partial charge in [0.05, 0.1) is 17.7 Å². The van der Waals surface area contributed by atoms with Crippen LogP contribution in [0.25, 0.3) is 0 Å². The van der Waals surface area contributed by atoms with E-state index in [1.807, 2.05) is 6.92 Å². The van der Waals surface area contributed by atoms with Crippen molar-refractivity contribution in [3.63, 3.8) is 0 Å². The number of hydrogen-bond acceptors (Lipinski definition) is 3. The second-order valence-electron chi connectivity index (χ2n) is 6.43. The highest BCUT2D eigenvalue weighted by Gasteiger charge is 2.39. The minimum Gasteiger partial charge on any atom is -0.338 e. The first-order chi connectivity index (χ1) is 11.9. The van der Waals surface area contributed by atoms with Crippen molar-refractivity contribution < 1.29 is 14.0 Å². The molecule has 1 aromatic heterocycles. The van der Waals surface area contributed by atoms with E-state index < -0.39 is 12.0 Å². The number of amides is 2. The Balaban J connectivity index is 1.90. The van der Waals surface area contributed by atoms with Gasteiger partial charge in [0.25, 0.3) is 0 Å². The first kappa shape index (κ1) is 17.1. The van der Waals surface area contributed by atoms with Gasteiger partial charge in [0.2, 0.25) is 11.8 Å². The van der Waals surface area contributed by atoms with Gasteiger partial charge < -0.3 is 10.2 Å². The number of nitrogens with one attached hydrogen (secondary N) is 1. The summed E-state index contributed by atoms with van der Waals surface area (Å²) in [5, 5.41) is 7.09. The lowest BCUT2D eigenvalue weighted by Gasteiger charge is -2.38. The van der Waals surface area contributed by atoms with E-state index in [2.05, 4.69) is 10.4 Å². The van der Waals surface area contributed by atoms with E-state index in [9.17, 15) is 14.0 Å². The summed E-state index contributed by atoms with van der Waals surface area (Å²) in [5.41, 5.74) is 1.42. The van der Waals surface area contributed by atoms with Crippen LogP contribution in [0.3, 0.4) is 0 Å². The molecule has 2 aromatic rings. The highest BCUT2D eigenvalue weighted by Crippen LogP contribution is 2.36. The van der Waals surface area contributed by atoms with Crippen LogP contribution in [0.2, 0.25) is 0 Å². The number of aromatic nitrogens is 2. The van der Waals surface area contributed by atoms with Crippen LogP contribution in [0, 0.1) is 18.7 Å². The molecule has 0 spiro atoms. The van der Waals surface area contributed by atoms with Gasteiger partial charge in [-0.05, 0) is 31.0 Å². The lowest BCUT2D eigenvalue weighted by Crippen LogP contribution is -2.44. The Morgan fingerprint density at radius 3 is 2.72 bits per heavy atom. The first-order valence-corrected chi connectivity index (χ1v) is 8.19. The molecule has 1 N–H and O–H groups in total. The van der Waals surface area contributed by atoms with Crippen molar-refractivity contribution in [2.45, 2.75) is 25.8 Å². The summed E-state index contributed by atoms with van der Waals surface area (Å²) in [6.07, 6.45) is 0.720. The topological polar surface area (TPSA) is 67.2 Å². The van der Waals surface area contributed by atoms with E-state index in [1.165, 1.54) is 17.0 Å². The van der Waals surface area contributed by atoms with Gasteiger partial charge in [-0.1, -0.05) is 12.1 Å². The zero-order valence-corrected chi connectivity index (χ0v) is 14.5. The van der Waals surface area contributed by atoms with Crippen LogP contribution in [0.4, 0.5) is 10.2 Å². The molecule has 6 nitrogen and oxygen atoms in total. The van der Waals surface area contributed by atoms with Gasteiger partial charge in [-0.3, -0.25) is 14.3 Å². The van der Waals surface area contributed by atoms with Gasteiger partial charge in [0.1, 0.15) is 11.6 Å². The van der Waals surface area contributed by atoms with Crippen molar-refractivity contribution in [3.05, 3.63) is 47.4 Å². The lowest BCUT2D eigenvalue weighted by molar-refractivity contribution is -0.140. The predicted octanol–water partition coefficient (Wildman–Crippen LogP) is 2.42. The van der Waals surface area contributed by atoms with E-state index in [-0.39, 0.29) is 17.6 Å². The van der Waals surface area contributed by atoms with Crippen LogP contribution in [0.15, 0.2) is 30.3 Å². The number of rotatable bonds is 3. The van der Waals surface area contributed by atoms with E-state index in [0.29, 0.717) is 24.2 Å². The molecule has 1 aliphatic heterocycles. The molecule has 1 aliphatic rings. The Hall–Kier alpha value is -2.70. The summed E-state index contributed by atoms with van der Waals surface area (Å²) in [4.78, 5) is 26.5. The summed E-state index contributed by atoms with van der Waals surface area (Å²) in [6, 6.07) is 7.36. The number of carbonyl (C=O) groups is 2. The second-order valence-corrected chi connectivity index (χ2v) is 6.43. The Morgan fingerprint density at radius 2 is 2.08 bits per heavy atom. The number of likely N-dealkylation sites (tertiary alicyclic amines) is 1. The van der Waals surface area contributed by atoms with Crippen molar-refractivity contribution in [1.29, 1.82) is 0 Å². The zero-order chi connectivity index (χ0) is 18.1. The normalized spacial score (nSPS) is 20.6. The van der Waals surface area contributed by atoms with Gasteiger partial charge >= 0.3 is 0 Å². The van der Waals surface area contributed by atoms with Crippen LogP contribution in [0.5, 0.6) is 0 Å². The minimum absolute atomic E-state index is 0.0466. The van der Waals surface area contributed by atoms with Crippen molar-refractivity contribution in [2.24, 2.45) is 13.0 Å². The quantitative estimate of drug-likeness (QED) is 0.930. The summed E-state index contributed by atoms with van der Waals surface area (Å²) >= 11 is 0. The van der Waals surface area contributed by atoms with Crippen LogP contribution < -0.4 is 5.32 Å². The van der Waals surface area contributed by atoms with Crippen LogP contribution in [-0.2, 0) is 16.6 Å². The number of benzene rings is 1. The molecule has 2 amide bonds. The molecule has 0 bridgehead atoms.